The highest BCUT2D eigenvalue weighted by atomic mass is 15.3. The first-order valence-electron chi connectivity index (χ1n) is 8.20. The van der Waals surface area contributed by atoms with E-state index in [9.17, 15) is 0 Å². The quantitative estimate of drug-likeness (QED) is 0.563. The molecule has 2 N–H and O–H groups in total. The van der Waals surface area contributed by atoms with Crippen LogP contribution in [0.2, 0.25) is 0 Å². The molecule has 0 radical (unpaired) electrons. The normalized spacial score (nSPS) is 32.2. The summed E-state index contributed by atoms with van der Waals surface area (Å²) >= 11 is 0. The first-order valence-corrected chi connectivity index (χ1v) is 8.20. The lowest BCUT2D eigenvalue weighted by Crippen LogP contribution is -2.49. The van der Waals surface area contributed by atoms with Gasteiger partial charge in [0.15, 0.2) is 5.96 Å². The van der Waals surface area contributed by atoms with Crippen LogP contribution in [0.15, 0.2) is 4.99 Å². The monoisotopic (exact) mass is 279 g/mol. The minimum absolute atomic E-state index is 0.547. The molecule has 2 saturated heterocycles. The summed E-state index contributed by atoms with van der Waals surface area (Å²) in [6.45, 7) is 9.44. The van der Waals surface area contributed by atoms with Gasteiger partial charge in [-0.05, 0) is 38.3 Å². The Hall–Kier alpha value is -0.810. The fourth-order valence-corrected chi connectivity index (χ4v) is 3.24. The summed E-state index contributed by atoms with van der Waals surface area (Å²) in [4.78, 5) is 9.50. The van der Waals surface area contributed by atoms with Crippen molar-refractivity contribution in [1.82, 2.24) is 20.4 Å². The van der Waals surface area contributed by atoms with Crippen molar-refractivity contribution < 1.29 is 0 Å². The van der Waals surface area contributed by atoms with Gasteiger partial charge in [0.1, 0.15) is 0 Å². The number of nitrogens with one attached hydrogen (secondary N) is 2. The Balaban J connectivity index is 1.40. The van der Waals surface area contributed by atoms with E-state index in [0.29, 0.717) is 12.0 Å². The summed E-state index contributed by atoms with van der Waals surface area (Å²) in [5.41, 5.74) is 0. The van der Waals surface area contributed by atoms with Crippen LogP contribution < -0.4 is 10.6 Å². The second-order valence-corrected chi connectivity index (χ2v) is 6.61. The van der Waals surface area contributed by atoms with Gasteiger partial charge in [0.25, 0.3) is 0 Å². The van der Waals surface area contributed by atoms with Crippen molar-refractivity contribution in [1.29, 1.82) is 0 Å². The summed E-state index contributed by atoms with van der Waals surface area (Å²) in [7, 11) is 1.87. The maximum Gasteiger partial charge on any atom is 0.191 e. The molecule has 1 aliphatic carbocycles. The van der Waals surface area contributed by atoms with Crippen LogP contribution >= 0.6 is 0 Å². The molecule has 0 aromatic carbocycles. The van der Waals surface area contributed by atoms with Gasteiger partial charge >= 0.3 is 0 Å². The van der Waals surface area contributed by atoms with Crippen LogP contribution in [-0.2, 0) is 0 Å². The lowest BCUT2D eigenvalue weighted by Gasteiger charge is -2.31. The van der Waals surface area contributed by atoms with E-state index in [2.05, 4.69) is 32.3 Å². The highest BCUT2D eigenvalue weighted by molar-refractivity contribution is 5.80. The van der Waals surface area contributed by atoms with Crippen molar-refractivity contribution in [3.63, 3.8) is 0 Å². The molecular formula is C15H29N5. The average molecular weight is 279 g/mol. The van der Waals surface area contributed by atoms with Crippen LogP contribution in [0.25, 0.3) is 0 Å². The molecule has 3 aliphatic rings. The van der Waals surface area contributed by atoms with Gasteiger partial charge < -0.3 is 15.5 Å². The molecule has 0 bridgehead atoms. The first-order chi connectivity index (χ1) is 9.76. The van der Waals surface area contributed by atoms with E-state index in [1.807, 2.05) is 7.05 Å². The molecule has 5 heteroatoms. The van der Waals surface area contributed by atoms with Crippen LogP contribution in [0, 0.1) is 5.92 Å². The van der Waals surface area contributed by atoms with Gasteiger partial charge in [-0.2, -0.15) is 0 Å². The third-order valence-corrected chi connectivity index (χ3v) is 4.92. The summed E-state index contributed by atoms with van der Waals surface area (Å²) < 4.78 is 0. The SMILES string of the molecule is CN=C(NCCN1CCC1)NC1CN(C2CC2)CC1C. The molecule has 3 fully saturated rings. The van der Waals surface area contributed by atoms with E-state index in [4.69, 9.17) is 0 Å². The van der Waals surface area contributed by atoms with Crippen LogP contribution in [0.3, 0.4) is 0 Å². The molecule has 2 unspecified atom stereocenters. The fourth-order valence-electron chi connectivity index (χ4n) is 3.24. The molecule has 3 rings (SSSR count). The molecule has 2 atom stereocenters. The standard InChI is InChI=1S/C15H29N5/c1-12-10-20(13-4-5-13)11-14(12)18-15(16-2)17-6-9-19-7-3-8-19/h12-14H,3-11H2,1-2H3,(H2,16,17,18). The molecule has 114 valence electrons. The third kappa shape index (κ3) is 3.44. The average Bonchev–Trinajstić information content (AvgIpc) is 3.17. The van der Waals surface area contributed by atoms with E-state index in [-0.39, 0.29) is 0 Å². The number of aliphatic imine (C=N–C) groups is 1. The van der Waals surface area contributed by atoms with Crippen LogP contribution in [0.5, 0.6) is 0 Å². The maximum absolute atomic E-state index is 4.37. The van der Waals surface area contributed by atoms with Crippen molar-refractivity contribution in [3.8, 4) is 0 Å². The second kappa shape index (κ2) is 6.31. The van der Waals surface area contributed by atoms with E-state index in [0.717, 1.165) is 25.1 Å². The van der Waals surface area contributed by atoms with Gasteiger partial charge in [-0.3, -0.25) is 9.89 Å². The van der Waals surface area contributed by atoms with E-state index in [1.54, 1.807) is 0 Å². The molecule has 0 aromatic rings. The van der Waals surface area contributed by atoms with Gasteiger partial charge in [-0.1, -0.05) is 6.92 Å². The van der Waals surface area contributed by atoms with Crippen LogP contribution in [0.4, 0.5) is 0 Å². The molecule has 2 aliphatic heterocycles. The van der Waals surface area contributed by atoms with Crippen LogP contribution in [-0.4, -0.2) is 74.2 Å². The highest BCUT2D eigenvalue weighted by Gasteiger charge is 2.38. The lowest BCUT2D eigenvalue weighted by molar-refractivity contribution is 0.185. The van der Waals surface area contributed by atoms with Crippen molar-refractivity contribution >= 4 is 5.96 Å². The summed E-state index contributed by atoms with van der Waals surface area (Å²) in [6, 6.07) is 1.43. The van der Waals surface area contributed by atoms with Crippen molar-refractivity contribution in [2.75, 3.05) is 46.3 Å². The highest BCUT2D eigenvalue weighted by Crippen LogP contribution is 2.31. The van der Waals surface area contributed by atoms with Gasteiger partial charge in [0, 0.05) is 45.3 Å². The molecule has 0 spiro atoms. The third-order valence-electron chi connectivity index (χ3n) is 4.92. The number of likely N-dealkylation sites (tertiary alicyclic amines) is 2. The minimum atomic E-state index is 0.547. The topological polar surface area (TPSA) is 42.9 Å². The number of hydrogen-bond donors (Lipinski definition) is 2. The predicted molar refractivity (Wildman–Crippen MR) is 83.1 cm³/mol. The van der Waals surface area contributed by atoms with Crippen molar-refractivity contribution in [3.05, 3.63) is 0 Å². The Kier molecular flexibility index (Phi) is 4.46. The predicted octanol–water partition coefficient (Wildman–Crippen LogP) is 0.340. The molecule has 2 heterocycles. The maximum atomic E-state index is 4.37. The molecule has 0 aromatic heterocycles. The van der Waals surface area contributed by atoms with Gasteiger partial charge in [-0.25, -0.2) is 0 Å². The smallest absolute Gasteiger partial charge is 0.191 e. The zero-order chi connectivity index (χ0) is 13.9. The van der Waals surface area contributed by atoms with E-state index >= 15 is 0 Å². The lowest BCUT2D eigenvalue weighted by atomic mass is 10.1. The van der Waals surface area contributed by atoms with Crippen molar-refractivity contribution in [2.24, 2.45) is 10.9 Å². The zero-order valence-electron chi connectivity index (χ0n) is 12.9. The summed E-state index contributed by atoms with van der Waals surface area (Å²) in [6.07, 6.45) is 4.17. The number of nitrogens with zero attached hydrogens (tertiary/aromatic N) is 3. The van der Waals surface area contributed by atoms with E-state index < -0.39 is 0 Å². The summed E-state index contributed by atoms with van der Waals surface area (Å²) in [5, 5.41) is 7.07. The number of hydrogen-bond acceptors (Lipinski definition) is 3. The Morgan fingerprint density at radius 2 is 2.05 bits per heavy atom. The first kappa shape index (κ1) is 14.1. The molecule has 0 amide bonds. The summed E-state index contributed by atoms with van der Waals surface area (Å²) in [5.74, 6) is 1.68. The second-order valence-electron chi connectivity index (χ2n) is 6.61. The number of guanidine groups is 1. The molecule has 1 saturated carbocycles. The molecule has 5 nitrogen and oxygen atoms in total. The largest absolute Gasteiger partial charge is 0.355 e. The Labute approximate surface area is 122 Å². The van der Waals surface area contributed by atoms with Gasteiger partial charge in [0.2, 0.25) is 0 Å². The number of rotatable bonds is 5. The molecular weight excluding hydrogens is 250 g/mol. The minimum Gasteiger partial charge on any atom is -0.355 e. The van der Waals surface area contributed by atoms with Gasteiger partial charge in [0.05, 0.1) is 0 Å². The fraction of sp³-hybridized carbons (Fsp3) is 0.933. The Morgan fingerprint density at radius 3 is 2.65 bits per heavy atom. The Morgan fingerprint density at radius 1 is 1.25 bits per heavy atom. The molecule has 20 heavy (non-hydrogen) atoms. The van der Waals surface area contributed by atoms with Crippen molar-refractivity contribution in [2.45, 2.75) is 38.3 Å². The Bertz CT molecular complexity index is 348. The zero-order valence-corrected chi connectivity index (χ0v) is 12.9. The van der Waals surface area contributed by atoms with Gasteiger partial charge in [-0.15, -0.1) is 0 Å². The van der Waals surface area contributed by atoms with E-state index in [1.165, 1.54) is 45.4 Å². The van der Waals surface area contributed by atoms with Crippen LogP contribution in [0.1, 0.15) is 26.2 Å².